The Labute approximate surface area is 176 Å². The molecule has 1 aromatic carbocycles. The number of imide groups is 1. The number of aromatic nitrogens is 2. The van der Waals surface area contributed by atoms with Crippen molar-refractivity contribution >= 4 is 50.8 Å². The molecule has 4 rings (SSSR count). The van der Waals surface area contributed by atoms with Gasteiger partial charge in [0, 0.05) is 25.1 Å². The molecule has 0 bridgehead atoms. The van der Waals surface area contributed by atoms with E-state index in [-0.39, 0.29) is 23.6 Å². The van der Waals surface area contributed by atoms with Gasteiger partial charge in [0.25, 0.3) is 11.8 Å². The van der Waals surface area contributed by atoms with Crippen molar-refractivity contribution in [2.75, 3.05) is 31.7 Å². The Bertz CT molecular complexity index is 1070. The lowest BCUT2D eigenvalue weighted by atomic mass is 10.1. The minimum absolute atomic E-state index is 0.154. The molecule has 9 heteroatoms. The normalized spacial score (nSPS) is 13.4. The number of rotatable bonds is 7. The standard InChI is InChI=1S/C20H19ClN4O3S/c1-3-28-9-8-24(2)17-16-15(22-20(21)23-17)10-12(29-16)11-25-18(26)13-6-4-5-7-14(13)19(25)27/h4-7,10H,3,8-9,11H2,1-2H3. The number of thiophene rings is 1. The van der Waals surface area contributed by atoms with Crippen LogP contribution in [0.1, 0.15) is 32.5 Å². The molecular formula is C20H19ClN4O3S. The molecule has 2 amide bonds. The number of halogens is 1. The van der Waals surface area contributed by atoms with Crippen molar-refractivity contribution in [3.05, 3.63) is 51.6 Å². The number of hydrogen-bond donors (Lipinski definition) is 0. The number of carbonyl (C=O) groups excluding carboxylic acids is 2. The van der Waals surface area contributed by atoms with Crippen LogP contribution in [-0.2, 0) is 11.3 Å². The molecule has 150 valence electrons. The van der Waals surface area contributed by atoms with Crippen LogP contribution < -0.4 is 4.90 Å². The lowest BCUT2D eigenvalue weighted by molar-refractivity contribution is 0.0644. The zero-order valence-electron chi connectivity index (χ0n) is 16.0. The molecule has 0 saturated carbocycles. The molecule has 0 saturated heterocycles. The van der Waals surface area contributed by atoms with Crippen molar-refractivity contribution in [2.24, 2.45) is 0 Å². The van der Waals surface area contributed by atoms with Gasteiger partial charge in [-0.3, -0.25) is 14.5 Å². The van der Waals surface area contributed by atoms with Gasteiger partial charge in [-0.15, -0.1) is 11.3 Å². The van der Waals surface area contributed by atoms with Gasteiger partial charge in [-0.1, -0.05) is 12.1 Å². The van der Waals surface area contributed by atoms with Gasteiger partial charge in [-0.05, 0) is 36.7 Å². The average molecular weight is 431 g/mol. The number of anilines is 1. The van der Waals surface area contributed by atoms with E-state index in [0.717, 1.165) is 9.58 Å². The highest BCUT2D eigenvalue weighted by Crippen LogP contribution is 2.34. The van der Waals surface area contributed by atoms with Gasteiger partial charge < -0.3 is 9.64 Å². The number of nitrogens with zero attached hydrogens (tertiary/aromatic N) is 4. The predicted octanol–water partition coefficient (Wildman–Crippen LogP) is 3.61. The summed E-state index contributed by atoms with van der Waals surface area (Å²) in [6.45, 7) is 4.01. The number of ether oxygens (including phenoxy) is 1. The molecule has 0 radical (unpaired) electrons. The van der Waals surface area contributed by atoms with E-state index in [4.69, 9.17) is 16.3 Å². The smallest absolute Gasteiger partial charge is 0.261 e. The van der Waals surface area contributed by atoms with Crippen LogP contribution in [0.15, 0.2) is 30.3 Å². The lowest BCUT2D eigenvalue weighted by Gasteiger charge is -2.18. The predicted molar refractivity (Wildman–Crippen MR) is 113 cm³/mol. The first-order chi connectivity index (χ1) is 14.0. The minimum atomic E-state index is -0.277. The molecule has 1 aliphatic heterocycles. The quantitative estimate of drug-likeness (QED) is 0.324. The molecule has 0 atom stereocenters. The van der Waals surface area contributed by atoms with E-state index in [0.29, 0.717) is 42.2 Å². The van der Waals surface area contributed by atoms with Gasteiger partial charge in [0.15, 0.2) is 5.82 Å². The fraction of sp³-hybridized carbons (Fsp3) is 0.300. The third-order valence-electron chi connectivity index (χ3n) is 4.71. The van der Waals surface area contributed by atoms with E-state index in [2.05, 4.69) is 9.97 Å². The SMILES string of the molecule is CCOCCN(C)c1nc(Cl)nc2cc(CN3C(=O)c4ccccc4C3=O)sc12. The largest absolute Gasteiger partial charge is 0.380 e. The third-order valence-corrected chi connectivity index (χ3v) is 5.98. The Kier molecular flexibility index (Phi) is 5.49. The summed E-state index contributed by atoms with van der Waals surface area (Å²) < 4.78 is 6.28. The fourth-order valence-corrected chi connectivity index (χ4v) is 4.56. The third kappa shape index (κ3) is 3.71. The van der Waals surface area contributed by atoms with Gasteiger partial charge in [0.2, 0.25) is 5.28 Å². The fourth-order valence-electron chi connectivity index (χ4n) is 3.26. The second-order valence-corrected chi connectivity index (χ2v) is 8.08. The van der Waals surface area contributed by atoms with E-state index in [1.165, 1.54) is 16.2 Å². The van der Waals surface area contributed by atoms with Crippen LogP contribution in [0.3, 0.4) is 0 Å². The highest BCUT2D eigenvalue weighted by atomic mass is 35.5. The first kappa shape index (κ1) is 19.8. The second-order valence-electron chi connectivity index (χ2n) is 6.60. The zero-order valence-corrected chi connectivity index (χ0v) is 17.6. The molecular weight excluding hydrogens is 412 g/mol. The minimum Gasteiger partial charge on any atom is -0.380 e. The number of benzene rings is 1. The monoisotopic (exact) mass is 430 g/mol. The number of amides is 2. The van der Waals surface area contributed by atoms with Gasteiger partial charge in [0.1, 0.15) is 0 Å². The van der Waals surface area contributed by atoms with Crippen LogP contribution in [0, 0.1) is 0 Å². The van der Waals surface area contributed by atoms with Crippen LogP contribution >= 0.6 is 22.9 Å². The van der Waals surface area contributed by atoms with Crippen LogP contribution in [0.4, 0.5) is 5.82 Å². The molecule has 0 spiro atoms. The van der Waals surface area contributed by atoms with Crippen molar-refractivity contribution in [3.63, 3.8) is 0 Å². The first-order valence-corrected chi connectivity index (χ1v) is 10.4. The van der Waals surface area contributed by atoms with Crippen LogP contribution in [-0.4, -0.2) is 53.5 Å². The molecule has 0 aliphatic carbocycles. The van der Waals surface area contributed by atoms with E-state index < -0.39 is 0 Å². The Hall–Kier alpha value is -2.55. The number of likely N-dealkylation sites (N-methyl/N-ethyl adjacent to an activating group) is 1. The molecule has 0 unspecified atom stereocenters. The summed E-state index contributed by atoms with van der Waals surface area (Å²) in [5, 5.41) is 0.154. The second kappa shape index (κ2) is 8.06. The van der Waals surface area contributed by atoms with E-state index in [1.54, 1.807) is 24.3 Å². The van der Waals surface area contributed by atoms with Crippen molar-refractivity contribution in [1.29, 1.82) is 0 Å². The molecule has 0 fully saturated rings. The van der Waals surface area contributed by atoms with Crippen LogP contribution in [0.2, 0.25) is 5.28 Å². The van der Waals surface area contributed by atoms with Gasteiger partial charge >= 0.3 is 0 Å². The Morgan fingerprint density at radius 2 is 1.86 bits per heavy atom. The lowest BCUT2D eigenvalue weighted by Crippen LogP contribution is -2.28. The summed E-state index contributed by atoms with van der Waals surface area (Å²) in [6, 6.07) is 8.73. The highest BCUT2D eigenvalue weighted by Gasteiger charge is 2.35. The molecule has 2 aromatic heterocycles. The van der Waals surface area contributed by atoms with Crippen molar-refractivity contribution in [2.45, 2.75) is 13.5 Å². The average Bonchev–Trinajstić information content (AvgIpc) is 3.22. The Morgan fingerprint density at radius 1 is 1.17 bits per heavy atom. The topological polar surface area (TPSA) is 75.6 Å². The van der Waals surface area contributed by atoms with E-state index in [1.807, 2.05) is 24.9 Å². The molecule has 0 N–H and O–H groups in total. The van der Waals surface area contributed by atoms with Crippen molar-refractivity contribution in [1.82, 2.24) is 14.9 Å². The van der Waals surface area contributed by atoms with E-state index >= 15 is 0 Å². The maximum Gasteiger partial charge on any atom is 0.261 e. The van der Waals surface area contributed by atoms with Gasteiger partial charge in [0.05, 0.1) is 34.5 Å². The maximum absolute atomic E-state index is 12.6. The van der Waals surface area contributed by atoms with Crippen molar-refractivity contribution in [3.8, 4) is 0 Å². The maximum atomic E-state index is 12.6. The molecule has 7 nitrogen and oxygen atoms in total. The first-order valence-electron chi connectivity index (χ1n) is 9.19. The summed E-state index contributed by atoms with van der Waals surface area (Å²) in [7, 11) is 1.92. The zero-order chi connectivity index (χ0) is 20.5. The summed E-state index contributed by atoms with van der Waals surface area (Å²) in [4.78, 5) is 38.0. The number of fused-ring (bicyclic) bond motifs is 2. The molecule has 3 heterocycles. The summed E-state index contributed by atoms with van der Waals surface area (Å²) in [5.41, 5.74) is 1.58. The highest BCUT2D eigenvalue weighted by molar-refractivity contribution is 7.19. The molecule has 3 aromatic rings. The van der Waals surface area contributed by atoms with Crippen LogP contribution in [0.5, 0.6) is 0 Å². The van der Waals surface area contributed by atoms with Crippen LogP contribution in [0.25, 0.3) is 10.2 Å². The Morgan fingerprint density at radius 3 is 2.52 bits per heavy atom. The van der Waals surface area contributed by atoms with E-state index in [9.17, 15) is 9.59 Å². The number of hydrogen-bond acceptors (Lipinski definition) is 7. The van der Waals surface area contributed by atoms with Gasteiger partial charge in [-0.2, -0.15) is 4.98 Å². The molecule has 29 heavy (non-hydrogen) atoms. The Balaban J connectivity index is 1.62. The molecule has 1 aliphatic rings. The van der Waals surface area contributed by atoms with Crippen molar-refractivity contribution < 1.29 is 14.3 Å². The summed E-state index contributed by atoms with van der Waals surface area (Å²) in [5.74, 6) is 0.153. The summed E-state index contributed by atoms with van der Waals surface area (Å²) >= 11 is 7.58. The number of carbonyl (C=O) groups is 2. The summed E-state index contributed by atoms with van der Waals surface area (Å²) in [6.07, 6.45) is 0. The van der Waals surface area contributed by atoms with Gasteiger partial charge in [-0.25, -0.2) is 4.98 Å².